The number of hydrogen-bond donors (Lipinski definition) is 1. The van der Waals surface area contributed by atoms with Crippen molar-refractivity contribution < 1.29 is 19.1 Å². The predicted molar refractivity (Wildman–Crippen MR) is 135 cm³/mol. The number of para-hydroxylation sites is 1. The number of benzene rings is 3. The zero-order valence-corrected chi connectivity index (χ0v) is 20.5. The SMILES string of the molecule is CC(C)(C)OC(=O)[C@H]1N[C@@H](c2ccc(C#N)cc2)[C@]2(COc3ccccc3C2=O)[C@@H]1c1ccccc1. The first kappa shape index (κ1) is 23.8. The summed E-state index contributed by atoms with van der Waals surface area (Å²) in [5, 5.41) is 12.8. The van der Waals surface area contributed by atoms with E-state index in [4.69, 9.17) is 9.47 Å². The second-order valence-electron chi connectivity index (χ2n) is 10.4. The van der Waals surface area contributed by atoms with Gasteiger partial charge in [0.25, 0.3) is 0 Å². The summed E-state index contributed by atoms with van der Waals surface area (Å²) in [4.78, 5) is 28.1. The first-order valence-corrected chi connectivity index (χ1v) is 12.0. The summed E-state index contributed by atoms with van der Waals surface area (Å²) in [7, 11) is 0. The summed E-state index contributed by atoms with van der Waals surface area (Å²) in [5.74, 6) is -0.501. The first-order chi connectivity index (χ1) is 17.2. The Hall–Kier alpha value is -3.95. The van der Waals surface area contributed by atoms with E-state index >= 15 is 0 Å². The predicted octanol–water partition coefficient (Wildman–Crippen LogP) is 4.96. The molecule has 1 N–H and O–H groups in total. The summed E-state index contributed by atoms with van der Waals surface area (Å²) < 4.78 is 12.1. The van der Waals surface area contributed by atoms with Crippen LogP contribution in [-0.4, -0.2) is 30.0 Å². The highest BCUT2D eigenvalue weighted by atomic mass is 16.6. The molecule has 0 bridgehead atoms. The fourth-order valence-electron chi connectivity index (χ4n) is 5.50. The summed E-state index contributed by atoms with van der Waals surface area (Å²) >= 11 is 0. The third kappa shape index (κ3) is 3.96. The van der Waals surface area contributed by atoms with Gasteiger partial charge in [0.1, 0.15) is 24.0 Å². The van der Waals surface area contributed by atoms with Gasteiger partial charge >= 0.3 is 5.97 Å². The van der Waals surface area contributed by atoms with E-state index in [1.165, 1.54) is 0 Å². The number of nitrogens with one attached hydrogen (secondary N) is 1. The maximum atomic E-state index is 14.5. The monoisotopic (exact) mass is 480 g/mol. The molecule has 3 aromatic rings. The summed E-state index contributed by atoms with van der Waals surface area (Å²) in [5.41, 5.74) is 0.858. The molecule has 6 heteroatoms. The number of esters is 1. The Labute approximate surface area is 210 Å². The van der Waals surface area contributed by atoms with E-state index in [-0.39, 0.29) is 12.4 Å². The number of ketones is 1. The molecule has 5 rings (SSSR count). The van der Waals surface area contributed by atoms with Crippen LogP contribution in [0.15, 0.2) is 78.9 Å². The summed E-state index contributed by atoms with van der Waals surface area (Å²) in [6.45, 7) is 5.59. The molecule has 2 heterocycles. The molecule has 4 atom stereocenters. The largest absolute Gasteiger partial charge is 0.492 e. The molecule has 0 aliphatic carbocycles. The lowest BCUT2D eigenvalue weighted by Crippen LogP contribution is -2.48. The molecule has 0 unspecified atom stereocenters. The minimum Gasteiger partial charge on any atom is -0.492 e. The van der Waals surface area contributed by atoms with Gasteiger partial charge in [0.2, 0.25) is 0 Å². The van der Waals surface area contributed by atoms with Gasteiger partial charge in [-0.25, -0.2) is 0 Å². The topological polar surface area (TPSA) is 88.4 Å². The number of nitrogens with zero attached hydrogens (tertiary/aromatic N) is 1. The van der Waals surface area contributed by atoms with E-state index in [1.54, 1.807) is 24.3 Å². The van der Waals surface area contributed by atoms with Crippen LogP contribution in [-0.2, 0) is 9.53 Å². The highest BCUT2D eigenvalue weighted by molar-refractivity contribution is 6.06. The van der Waals surface area contributed by atoms with Crippen LogP contribution in [0.3, 0.4) is 0 Å². The van der Waals surface area contributed by atoms with Gasteiger partial charge in [-0.2, -0.15) is 5.26 Å². The Balaban J connectivity index is 1.72. The zero-order valence-electron chi connectivity index (χ0n) is 20.5. The summed E-state index contributed by atoms with van der Waals surface area (Å²) in [6, 6.07) is 24.8. The van der Waals surface area contributed by atoms with Crippen LogP contribution >= 0.6 is 0 Å². The molecule has 182 valence electrons. The molecule has 1 spiro atoms. The molecular formula is C30H28N2O4. The minimum atomic E-state index is -1.12. The van der Waals surface area contributed by atoms with E-state index < -0.39 is 35.0 Å². The van der Waals surface area contributed by atoms with Crippen molar-refractivity contribution in [1.82, 2.24) is 5.32 Å². The van der Waals surface area contributed by atoms with Crippen molar-refractivity contribution in [3.63, 3.8) is 0 Å². The van der Waals surface area contributed by atoms with Gasteiger partial charge in [-0.05, 0) is 56.2 Å². The normalized spacial score (nSPS) is 25.1. The van der Waals surface area contributed by atoms with Gasteiger partial charge in [0.15, 0.2) is 5.78 Å². The molecule has 1 saturated heterocycles. The second-order valence-corrected chi connectivity index (χ2v) is 10.4. The molecule has 2 aliphatic heterocycles. The van der Waals surface area contributed by atoms with Gasteiger partial charge in [-0.1, -0.05) is 54.6 Å². The molecule has 1 fully saturated rings. The molecular weight excluding hydrogens is 452 g/mol. The lowest BCUT2D eigenvalue weighted by atomic mass is 9.62. The zero-order chi connectivity index (χ0) is 25.5. The van der Waals surface area contributed by atoms with Crippen LogP contribution in [0.2, 0.25) is 0 Å². The standard InChI is InChI=1S/C30H28N2O4/c1-29(2,3)36-28(34)25-24(20-9-5-4-6-10-20)30(18-35-23-12-8-7-11-22(23)27(30)33)26(32-25)21-15-13-19(17-31)14-16-21/h4-16,24-26,32H,18H2,1-3H3/t24-,25+,26+,30+/m1/s1. The van der Waals surface area contributed by atoms with Crippen molar-refractivity contribution in [3.8, 4) is 11.8 Å². The number of rotatable bonds is 3. The van der Waals surface area contributed by atoms with E-state index in [2.05, 4.69) is 11.4 Å². The number of Topliss-reactive ketones (excluding diaryl/α,β-unsaturated/α-hetero) is 1. The van der Waals surface area contributed by atoms with E-state index in [9.17, 15) is 14.9 Å². The van der Waals surface area contributed by atoms with E-state index in [0.29, 0.717) is 16.9 Å². The van der Waals surface area contributed by atoms with Crippen molar-refractivity contribution in [2.24, 2.45) is 5.41 Å². The number of fused-ring (bicyclic) bond motifs is 1. The van der Waals surface area contributed by atoms with Crippen LogP contribution in [0.25, 0.3) is 0 Å². The van der Waals surface area contributed by atoms with Crippen molar-refractivity contribution in [1.29, 1.82) is 5.26 Å². The van der Waals surface area contributed by atoms with Gasteiger partial charge in [0, 0.05) is 12.0 Å². The van der Waals surface area contributed by atoms with Crippen LogP contribution in [0, 0.1) is 16.7 Å². The Kier molecular flexibility index (Phi) is 5.89. The molecule has 36 heavy (non-hydrogen) atoms. The molecule has 0 saturated carbocycles. The van der Waals surface area contributed by atoms with Gasteiger partial charge < -0.3 is 9.47 Å². The Morgan fingerprint density at radius 2 is 1.67 bits per heavy atom. The number of ether oxygens (including phenoxy) is 2. The Morgan fingerprint density at radius 3 is 2.33 bits per heavy atom. The maximum absolute atomic E-state index is 14.5. The quantitative estimate of drug-likeness (QED) is 0.533. The van der Waals surface area contributed by atoms with Crippen LogP contribution in [0.5, 0.6) is 5.75 Å². The molecule has 2 aliphatic rings. The molecule has 3 aromatic carbocycles. The fraction of sp³-hybridized carbons (Fsp3) is 0.300. The lowest BCUT2D eigenvalue weighted by Gasteiger charge is -2.42. The minimum absolute atomic E-state index is 0.0777. The number of hydrogen-bond acceptors (Lipinski definition) is 6. The van der Waals surface area contributed by atoms with Crippen LogP contribution in [0.4, 0.5) is 0 Å². The van der Waals surface area contributed by atoms with Gasteiger partial charge in [-0.3, -0.25) is 14.9 Å². The first-order valence-electron chi connectivity index (χ1n) is 12.0. The van der Waals surface area contributed by atoms with Crippen molar-refractivity contribution in [2.45, 2.75) is 44.4 Å². The van der Waals surface area contributed by atoms with Crippen LogP contribution < -0.4 is 10.1 Å². The summed E-state index contributed by atoms with van der Waals surface area (Å²) in [6.07, 6.45) is 0. The van der Waals surface area contributed by atoms with Crippen molar-refractivity contribution in [2.75, 3.05) is 6.61 Å². The van der Waals surface area contributed by atoms with Gasteiger partial charge in [-0.15, -0.1) is 0 Å². The molecule has 0 radical (unpaired) electrons. The van der Waals surface area contributed by atoms with Crippen molar-refractivity contribution >= 4 is 11.8 Å². The highest BCUT2D eigenvalue weighted by Gasteiger charge is 2.64. The highest BCUT2D eigenvalue weighted by Crippen LogP contribution is 2.57. The average Bonchev–Trinajstić information content (AvgIpc) is 3.22. The third-order valence-electron chi connectivity index (χ3n) is 6.96. The number of carbonyl (C=O) groups excluding carboxylic acids is 2. The third-order valence-corrected chi connectivity index (χ3v) is 6.96. The Morgan fingerprint density at radius 1 is 1.00 bits per heavy atom. The molecule has 0 aromatic heterocycles. The lowest BCUT2D eigenvalue weighted by molar-refractivity contribution is -0.157. The Bertz CT molecular complexity index is 1340. The number of nitriles is 1. The second kappa shape index (κ2) is 8.92. The molecule has 6 nitrogen and oxygen atoms in total. The maximum Gasteiger partial charge on any atom is 0.324 e. The average molecular weight is 481 g/mol. The van der Waals surface area contributed by atoms with Gasteiger partial charge in [0.05, 0.1) is 22.6 Å². The van der Waals surface area contributed by atoms with E-state index in [1.807, 2.05) is 75.4 Å². The molecule has 0 amide bonds. The fourth-order valence-corrected chi connectivity index (χ4v) is 5.50. The smallest absolute Gasteiger partial charge is 0.324 e. The van der Waals surface area contributed by atoms with Crippen LogP contribution in [0.1, 0.15) is 59.8 Å². The number of carbonyl (C=O) groups is 2. The van der Waals surface area contributed by atoms with E-state index in [0.717, 1.165) is 11.1 Å². The van der Waals surface area contributed by atoms with Crippen molar-refractivity contribution in [3.05, 3.63) is 101 Å².